The van der Waals surface area contributed by atoms with Gasteiger partial charge in [-0.2, -0.15) is 0 Å². The van der Waals surface area contributed by atoms with Gasteiger partial charge in [-0.3, -0.25) is 4.79 Å². The van der Waals surface area contributed by atoms with E-state index < -0.39 is 0 Å². The van der Waals surface area contributed by atoms with Crippen molar-refractivity contribution in [2.24, 2.45) is 5.92 Å². The lowest BCUT2D eigenvalue weighted by Gasteiger charge is -2.14. The monoisotopic (exact) mass is 317 g/mol. The summed E-state index contributed by atoms with van der Waals surface area (Å²) in [6.45, 7) is 5.19. The van der Waals surface area contributed by atoms with E-state index in [1.54, 1.807) is 11.3 Å². The number of nitrogens with one attached hydrogen (secondary N) is 1. The van der Waals surface area contributed by atoms with Crippen molar-refractivity contribution < 1.29 is 4.79 Å². The van der Waals surface area contributed by atoms with Gasteiger partial charge < -0.3 is 5.32 Å². The summed E-state index contributed by atoms with van der Waals surface area (Å²) >= 11 is 4.91. The normalized spacial score (nSPS) is 12.4. The van der Waals surface area contributed by atoms with Crippen molar-refractivity contribution in [3.05, 3.63) is 20.8 Å². The van der Waals surface area contributed by atoms with E-state index in [2.05, 4.69) is 35.1 Å². The molecule has 1 heterocycles. The number of thiophene rings is 1. The average molecular weight is 318 g/mol. The van der Waals surface area contributed by atoms with Crippen LogP contribution in [-0.2, 0) is 0 Å². The fraction of sp³-hybridized carbons (Fsp3) is 0.615. The lowest BCUT2D eigenvalue weighted by molar-refractivity contribution is 0.0946. The second-order valence-corrected chi connectivity index (χ2v) is 6.56. The Hall–Kier alpha value is -0.350. The topological polar surface area (TPSA) is 29.1 Å². The van der Waals surface area contributed by atoms with Crippen molar-refractivity contribution in [3.8, 4) is 0 Å². The Balaban J connectivity index is 2.36. The minimum absolute atomic E-state index is 0.0434. The van der Waals surface area contributed by atoms with Gasteiger partial charge in [-0.15, -0.1) is 11.3 Å². The van der Waals surface area contributed by atoms with Crippen LogP contribution >= 0.6 is 27.3 Å². The Bertz CT molecular complexity index is 351. The maximum absolute atomic E-state index is 11.8. The van der Waals surface area contributed by atoms with Gasteiger partial charge in [0.05, 0.1) is 9.35 Å². The first kappa shape index (κ1) is 14.7. The Kier molecular flexibility index (Phi) is 6.82. The molecule has 1 rings (SSSR count). The van der Waals surface area contributed by atoms with Crippen LogP contribution in [0.4, 0.5) is 0 Å². The van der Waals surface area contributed by atoms with Crippen LogP contribution in [-0.4, -0.2) is 12.5 Å². The molecule has 0 aliphatic carbocycles. The fourth-order valence-electron chi connectivity index (χ4n) is 1.71. The van der Waals surface area contributed by atoms with Crippen molar-refractivity contribution >= 4 is 33.2 Å². The van der Waals surface area contributed by atoms with Crippen LogP contribution in [0, 0.1) is 5.92 Å². The van der Waals surface area contributed by atoms with Crippen molar-refractivity contribution in [3.63, 3.8) is 0 Å². The van der Waals surface area contributed by atoms with Crippen LogP contribution in [0.5, 0.6) is 0 Å². The minimum Gasteiger partial charge on any atom is -0.352 e. The summed E-state index contributed by atoms with van der Waals surface area (Å²) in [5.41, 5.74) is 0.757. The number of carbonyl (C=O) groups is 1. The van der Waals surface area contributed by atoms with Crippen molar-refractivity contribution in [2.45, 2.75) is 39.5 Å². The molecule has 0 aliphatic rings. The van der Waals surface area contributed by atoms with Gasteiger partial charge in [0.1, 0.15) is 0 Å². The molecule has 4 heteroatoms. The Morgan fingerprint density at radius 2 is 2.29 bits per heavy atom. The molecule has 1 amide bonds. The molecule has 0 saturated heterocycles. The largest absolute Gasteiger partial charge is 0.352 e. The highest BCUT2D eigenvalue weighted by atomic mass is 79.9. The number of carbonyl (C=O) groups excluding carboxylic acids is 1. The molecule has 1 aromatic heterocycles. The van der Waals surface area contributed by atoms with Crippen LogP contribution in [0.1, 0.15) is 49.9 Å². The molecule has 0 aliphatic heterocycles. The average Bonchev–Trinajstić information content (AvgIpc) is 2.76. The van der Waals surface area contributed by atoms with Gasteiger partial charge >= 0.3 is 0 Å². The Morgan fingerprint density at radius 3 is 2.82 bits per heavy atom. The molecule has 0 saturated carbocycles. The third kappa shape index (κ3) is 5.21. The molecule has 17 heavy (non-hydrogen) atoms. The second-order valence-electron chi connectivity index (χ2n) is 4.27. The second kappa shape index (κ2) is 7.88. The standard InChI is InChI=1S/C13H20BrNOS/c1-3-5-6-10(4-2)8-15-13(16)11-7-12(14)17-9-11/h7,9-10H,3-6,8H2,1-2H3,(H,15,16). The summed E-state index contributed by atoms with van der Waals surface area (Å²) in [5.74, 6) is 0.655. The first-order chi connectivity index (χ1) is 8.17. The van der Waals surface area contributed by atoms with Gasteiger partial charge in [-0.25, -0.2) is 0 Å². The zero-order valence-corrected chi connectivity index (χ0v) is 12.9. The van der Waals surface area contributed by atoms with E-state index >= 15 is 0 Å². The Labute approximate surface area is 116 Å². The molecule has 0 fully saturated rings. The van der Waals surface area contributed by atoms with Crippen molar-refractivity contribution in [2.75, 3.05) is 6.54 Å². The number of hydrogen-bond acceptors (Lipinski definition) is 2. The molecule has 0 aromatic carbocycles. The van der Waals surface area contributed by atoms with Crippen LogP contribution in [0.3, 0.4) is 0 Å². The smallest absolute Gasteiger partial charge is 0.252 e. The molecular weight excluding hydrogens is 298 g/mol. The lowest BCUT2D eigenvalue weighted by Crippen LogP contribution is -2.28. The predicted molar refractivity (Wildman–Crippen MR) is 77.7 cm³/mol. The number of hydrogen-bond donors (Lipinski definition) is 1. The van der Waals surface area contributed by atoms with E-state index in [1.807, 2.05) is 11.4 Å². The molecule has 2 nitrogen and oxygen atoms in total. The zero-order chi connectivity index (χ0) is 12.7. The summed E-state index contributed by atoms with van der Waals surface area (Å²) < 4.78 is 1.00. The molecular formula is C13H20BrNOS. The van der Waals surface area contributed by atoms with Crippen LogP contribution in [0.25, 0.3) is 0 Å². The first-order valence-electron chi connectivity index (χ1n) is 6.19. The number of amides is 1. The van der Waals surface area contributed by atoms with E-state index in [0.717, 1.165) is 22.3 Å². The van der Waals surface area contributed by atoms with Gasteiger partial charge in [0.2, 0.25) is 0 Å². The van der Waals surface area contributed by atoms with Gasteiger partial charge in [-0.1, -0.05) is 33.1 Å². The number of halogens is 1. The summed E-state index contributed by atoms with van der Waals surface area (Å²) in [6.07, 6.45) is 4.81. The van der Waals surface area contributed by atoms with Crippen LogP contribution < -0.4 is 5.32 Å². The Morgan fingerprint density at radius 1 is 1.53 bits per heavy atom. The molecule has 96 valence electrons. The van der Waals surface area contributed by atoms with Crippen LogP contribution in [0.15, 0.2) is 15.2 Å². The minimum atomic E-state index is 0.0434. The maximum atomic E-state index is 11.8. The zero-order valence-electron chi connectivity index (χ0n) is 10.5. The van der Waals surface area contributed by atoms with Crippen molar-refractivity contribution in [1.29, 1.82) is 0 Å². The number of unbranched alkanes of at least 4 members (excludes halogenated alkanes) is 1. The van der Waals surface area contributed by atoms with E-state index in [4.69, 9.17) is 0 Å². The molecule has 1 aromatic rings. The van der Waals surface area contributed by atoms with Gasteiger partial charge in [-0.05, 0) is 34.3 Å². The highest BCUT2D eigenvalue weighted by Crippen LogP contribution is 2.20. The summed E-state index contributed by atoms with van der Waals surface area (Å²) in [4.78, 5) is 11.8. The van der Waals surface area contributed by atoms with Gasteiger partial charge in [0.25, 0.3) is 5.91 Å². The molecule has 1 N–H and O–H groups in total. The third-order valence-corrected chi connectivity index (χ3v) is 4.43. The highest BCUT2D eigenvalue weighted by molar-refractivity contribution is 9.11. The molecule has 1 atom stereocenters. The molecule has 0 bridgehead atoms. The maximum Gasteiger partial charge on any atom is 0.252 e. The highest BCUT2D eigenvalue weighted by Gasteiger charge is 2.10. The molecule has 1 unspecified atom stereocenters. The van der Waals surface area contributed by atoms with E-state index in [-0.39, 0.29) is 5.91 Å². The quantitative estimate of drug-likeness (QED) is 0.790. The third-order valence-electron chi connectivity index (χ3n) is 2.92. The predicted octanol–water partition coefficient (Wildman–Crippen LogP) is 4.46. The molecule has 0 spiro atoms. The number of rotatable bonds is 7. The lowest BCUT2D eigenvalue weighted by atomic mass is 9.99. The first-order valence-corrected chi connectivity index (χ1v) is 7.86. The van der Waals surface area contributed by atoms with Crippen LogP contribution in [0.2, 0.25) is 0 Å². The van der Waals surface area contributed by atoms with E-state index in [1.165, 1.54) is 19.3 Å². The fourth-order valence-corrected chi connectivity index (χ4v) is 2.85. The SMILES string of the molecule is CCCCC(CC)CNC(=O)c1csc(Br)c1. The van der Waals surface area contributed by atoms with E-state index in [0.29, 0.717) is 5.92 Å². The summed E-state index contributed by atoms with van der Waals surface area (Å²) in [6, 6.07) is 1.87. The van der Waals surface area contributed by atoms with Crippen molar-refractivity contribution in [1.82, 2.24) is 5.32 Å². The summed E-state index contributed by atoms with van der Waals surface area (Å²) in [5, 5.41) is 4.90. The summed E-state index contributed by atoms with van der Waals surface area (Å²) in [7, 11) is 0. The van der Waals surface area contributed by atoms with Gasteiger partial charge in [0.15, 0.2) is 0 Å². The van der Waals surface area contributed by atoms with Gasteiger partial charge in [0, 0.05) is 11.9 Å². The molecule has 0 radical (unpaired) electrons. The van der Waals surface area contributed by atoms with E-state index in [9.17, 15) is 4.79 Å².